The smallest absolute Gasteiger partial charge is 0.0927 e. The lowest BCUT2D eigenvalue weighted by Crippen LogP contribution is -2.49. The Labute approximate surface area is 67.8 Å². The second-order valence-corrected chi connectivity index (χ2v) is 3.62. The highest BCUT2D eigenvalue weighted by Crippen LogP contribution is 2.15. The lowest BCUT2D eigenvalue weighted by Gasteiger charge is -2.38. The van der Waals surface area contributed by atoms with Crippen molar-refractivity contribution in [2.45, 2.75) is 26.4 Å². The Balaban J connectivity index is 2.53. The normalized spacial score (nSPS) is 23.4. The zero-order valence-corrected chi connectivity index (χ0v) is 7.48. The molecule has 1 saturated heterocycles. The highest BCUT2D eigenvalue weighted by Gasteiger charge is 2.26. The van der Waals surface area contributed by atoms with Crippen molar-refractivity contribution in [2.75, 3.05) is 19.7 Å². The van der Waals surface area contributed by atoms with Crippen LogP contribution in [0, 0.1) is 5.41 Å². The lowest BCUT2D eigenvalue weighted by atomic mass is 10.1. The largest absolute Gasteiger partial charge is 0.372 e. The van der Waals surface area contributed by atoms with E-state index in [1.54, 1.807) is 0 Å². The van der Waals surface area contributed by atoms with Gasteiger partial charge >= 0.3 is 0 Å². The molecule has 1 fully saturated rings. The van der Waals surface area contributed by atoms with Gasteiger partial charge in [0.25, 0.3) is 0 Å². The lowest BCUT2D eigenvalue weighted by molar-refractivity contribution is -0.0680. The van der Waals surface area contributed by atoms with Crippen molar-refractivity contribution >= 4 is 5.84 Å². The molecule has 0 bridgehead atoms. The molecule has 1 aliphatic heterocycles. The van der Waals surface area contributed by atoms with Crippen LogP contribution in [0.4, 0.5) is 0 Å². The minimum absolute atomic E-state index is 0.0828. The van der Waals surface area contributed by atoms with Crippen LogP contribution in [0.15, 0.2) is 0 Å². The molecule has 0 aliphatic carbocycles. The van der Waals surface area contributed by atoms with Gasteiger partial charge in [0.2, 0.25) is 0 Å². The first-order valence-corrected chi connectivity index (χ1v) is 3.95. The fraction of sp³-hybridized carbons (Fsp3) is 0.875. The van der Waals surface area contributed by atoms with E-state index in [2.05, 4.69) is 13.8 Å². The molecule has 0 atom stereocenters. The van der Waals surface area contributed by atoms with E-state index in [-0.39, 0.29) is 5.60 Å². The zero-order valence-electron chi connectivity index (χ0n) is 7.48. The molecule has 0 unspecified atom stereocenters. The maximum Gasteiger partial charge on any atom is 0.0927 e. The summed E-state index contributed by atoms with van der Waals surface area (Å²) in [6.45, 7) is 8.37. The number of nitrogens with one attached hydrogen (secondary N) is 1. The molecule has 3 nitrogen and oxygen atoms in total. The summed E-state index contributed by atoms with van der Waals surface area (Å²) in [7, 11) is 0. The molecule has 0 aromatic carbocycles. The summed E-state index contributed by atoms with van der Waals surface area (Å²) in [4.78, 5) is 2.05. The predicted octanol–water partition coefficient (Wildman–Crippen LogP) is 1.09. The van der Waals surface area contributed by atoms with Crippen molar-refractivity contribution in [1.29, 1.82) is 5.41 Å². The molecule has 0 aromatic heterocycles. The Hall–Kier alpha value is -0.570. The highest BCUT2D eigenvalue weighted by molar-refractivity contribution is 5.76. The Morgan fingerprint density at radius 3 is 2.55 bits per heavy atom. The van der Waals surface area contributed by atoms with Crippen LogP contribution >= 0.6 is 0 Å². The maximum absolute atomic E-state index is 7.44. The summed E-state index contributed by atoms with van der Waals surface area (Å²) in [6.07, 6.45) is 0. The number of hydrogen-bond acceptors (Lipinski definition) is 2. The fourth-order valence-corrected chi connectivity index (χ4v) is 1.30. The van der Waals surface area contributed by atoms with Gasteiger partial charge in [-0.15, -0.1) is 0 Å². The Kier molecular flexibility index (Phi) is 2.18. The Morgan fingerprint density at radius 2 is 2.18 bits per heavy atom. The van der Waals surface area contributed by atoms with Crippen LogP contribution in [-0.2, 0) is 4.74 Å². The summed E-state index contributed by atoms with van der Waals surface area (Å²) < 4.78 is 5.51. The van der Waals surface area contributed by atoms with Gasteiger partial charge in [0.05, 0.1) is 18.0 Å². The molecule has 0 aromatic rings. The predicted molar refractivity (Wildman–Crippen MR) is 45.0 cm³/mol. The molecular formula is C8H16N2O. The molecule has 3 heteroatoms. The molecule has 64 valence electrons. The van der Waals surface area contributed by atoms with Crippen molar-refractivity contribution in [1.82, 2.24) is 4.90 Å². The summed E-state index contributed by atoms with van der Waals surface area (Å²) in [5.74, 6) is 0.640. The number of nitrogens with zero attached hydrogens (tertiary/aromatic N) is 1. The maximum atomic E-state index is 7.44. The minimum atomic E-state index is -0.0828. The van der Waals surface area contributed by atoms with Gasteiger partial charge < -0.3 is 9.64 Å². The van der Waals surface area contributed by atoms with E-state index in [0.717, 1.165) is 19.7 Å². The molecule has 0 radical (unpaired) electrons. The quantitative estimate of drug-likeness (QED) is 0.421. The van der Waals surface area contributed by atoms with Crippen LogP contribution in [0.1, 0.15) is 20.8 Å². The van der Waals surface area contributed by atoms with Gasteiger partial charge in [-0.05, 0) is 20.8 Å². The third-order valence-electron chi connectivity index (χ3n) is 1.90. The van der Waals surface area contributed by atoms with Crippen LogP contribution in [0.25, 0.3) is 0 Å². The first-order valence-electron chi connectivity index (χ1n) is 3.95. The van der Waals surface area contributed by atoms with Gasteiger partial charge in [0.1, 0.15) is 0 Å². The first kappa shape index (κ1) is 8.53. The molecule has 1 N–H and O–H groups in total. The second kappa shape index (κ2) is 2.81. The minimum Gasteiger partial charge on any atom is -0.372 e. The van der Waals surface area contributed by atoms with Gasteiger partial charge in [0, 0.05) is 13.1 Å². The highest BCUT2D eigenvalue weighted by atomic mass is 16.5. The number of ether oxygens (including phenoxy) is 1. The Bertz CT molecular complexity index is 165. The van der Waals surface area contributed by atoms with Crippen molar-refractivity contribution in [3.8, 4) is 0 Å². The van der Waals surface area contributed by atoms with E-state index in [4.69, 9.17) is 10.1 Å². The molecule has 1 aliphatic rings. The topological polar surface area (TPSA) is 36.3 Å². The van der Waals surface area contributed by atoms with E-state index in [1.165, 1.54) is 0 Å². The van der Waals surface area contributed by atoms with Crippen LogP contribution in [0.3, 0.4) is 0 Å². The zero-order chi connectivity index (χ0) is 8.48. The van der Waals surface area contributed by atoms with E-state index in [0.29, 0.717) is 5.84 Å². The van der Waals surface area contributed by atoms with Crippen LogP contribution < -0.4 is 0 Å². The van der Waals surface area contributed by atoms with Crippen LogP contribution in [0.2, 0.25) is 0 Å². The summed E-state index contributed by atoms with van der Waals surface area (Å²) >= 11 is 0. The first-order chi connectivity index (χ1) is 5.01. The van der Waals surface area contributed by atoms with Gasteiger partial charge in [-0.1, -0.05) is 0 Å². The van der Waals surface area contributed by atoms with Crippen molar-refractivity contribution in [3.05, 3.63) is 0 Å². The van der Waals surface area contributed by atoms with E-state index in [1.807, 2.05) is 11.8 Å². The number of rotatable bonds is 0. The van der Waals surface area contributed by atoms with Gasteiger partial charge in [-0.2, -0.15) is 0 Å². The molecular weight excluding hydrogens is 140 g/mol. The number of hydrogen-bond donors (Lipinski definition) is 1. The molecule has 0 saturated carbocycles. The summed E-state index contributed by atoms with van der Waals surface area (Å²) in [6, 6.07) is 0. The standard InChI is InChI=1S/C8H16N2O/c1-7(9)10-4-5-11-8(2,3)6-10/h9H,4-6H2,1-3H3. The summed E-state index contributed by atoms with van der Waals surface area (Å²) in [5.41, 5.74) is -0.0828. The average molecular weight is 156 g/mol. The van der Waals surface area contributed by atoms with Gasteiger partial charge in [-0.25, -0.2) is 0 Å². The monoisotopic (exact) mass is 156 g/mol. The SMILES string of the molecule is CC(=N)N1CCOC(C)(C)C1. The number of amidine groups is 1. The third-order valence-corrected chi connectivity index (χ3v) is 1.90. The van der Waals surface area contributed by atoms with Crippen molar-refractivity contribution in [2.24, 2.45) is 0 Å². The van der Waals surface area contributed by atoms with E-state index in [9.17, 15) is 0 Å². The van der Waals surface area contributed by atoms with E-state index >= 15 is 0 Å². The van der Waals surface area contributed by atoms with Crippen LogP contribution in [0.5, 0.6) is 0 Å². The molecule has 1 heterocycles. The molecule has 11 heavy (non-hydrogen) atoms. The van der Waals surface area contributed by atoms with Crippen molar-refractivity contribution < 1.29 is 4.74 Å². The van der Waals surface area contributed by atoms with Gasteiger partial charge in [-0.3, -0.25) is 5.41 Å². The summed E-state index contributed by atoms with van der Waals surface area (Å²) in [5, 5.41) is 7.44. The van der Waals surface area contributed by atoms with Crippen LogP contribution in [-0.4, -0.2) is 36.0 Å². The van der Waals surface area contributed by atoms with Crippen molar-refractivity contribution in [3.63, 3.8) is 0 Å². The second-order valence-electron chi connectivity index (χ2n) is 3.62. The third kappa shape index (κ3) is 2.19. The fourth-order valence-electron chi connectivity index (χ4n) is 1.30. The molecule has 1 rings (SSSR count). The average Bonchev–Trinajstić information content (AvgIpc) is 1.85. The molecule has 0 spiro atoms. The number of morpholine rings is 1. The van der Waals surface area contributed by atoms with E-state index < -0.39 is 0 Å². The molecule has 0 amide bonds. The van der Waals surface area contributed by atoms with Gasteiger partial charge in [0.15, 0.2) is 0 Å². The Morgan fingerprint density at radius 1 is 1.55 bits per heavy atom.